The maximum Gasteiger partial charge on any atom is 0.278 e. The summed E-state index contributed by atoms with van der Waals surface area (Å²) in [4.78, 5) is 29.8. The number of hydrogen-bond donors (Lipinski definition) is 1. The summed E-state index contributed by atoms with van der Waals surface area (Å²) in [5, 5.41) is 15.8. The van der Waals surface area contributed by atoms with E-state index < -0.39 is 0 Å². The summed E-state index contributed by atoms with van der Waals surface area (Å²) in [7, 11) is 0. The summed E-state index contributed by atoms with van der Waals surface area (Å²) in [6.07, 6.45) is 6.99. The topological polar surface area (TPSA) is 88.4 Å². The van der Waals surface area contributed by atoms with Crippen LogP contribution in [0.4, 0.5) is 11.4 Å². The monoisotopic (exact) mass is 370 g/mol. The molecule has 0 saturated carbocycles. The number of rotatable bonds is 6. The van der Waals surface area contributed by atoms with Gasteiger partial charge in [-0.05, 0) is 38.3 Å². The smallest absolute Gasteiger partial charge is 0.278 e. The second-order valence-electron chi connectivity index (χ2n) is 7.27. The molecular weight excluding hydrogens is 344 g/mol. The number of hydrogen-bond acceptors (Lipinski definition) is 5. The van der Waals surface area contributed by atoms with Gasteiger partial charge in [-0.15, -0.1) is 0 Å². The second-order valence-corrected chi connectivity index (χ2v) is 7.27. The van der Waals surface area contributed by atoms with E-state index in [1.54, 1.807) is 12.3 Å². The average Bonchev–Trinajstić information content (AvgIpc) is 2.67. The van der Waals surface area contributed by atoms with Crippen LogP contribution in [0.3, 0.4) is 0 Å². The lowest BCUT2D eigenvalue weighted by atomic mass is 9.95. The van der Waals surface area contributed by atoms with Gasteiger partial charge in [-0.2, -0.15) is 0 Å². The molecular formula is C20H26N4O3. The van der Waals surface area contributed by atoms with Crippen molar-refractivity contribution in [3.8, 4) is 0 Å². The SMILES string of the molecule is CCCC(C)NC(=O)C1CCCN(c2ccc([N+](=O)[O-])c3cnccc23)C1. The molecule has 2 unspecified atom stereocenters. The number of anilines is 1. The van der Waals surface area contributed by atoms with Gasteiger partial charge in [0, 0.05) is 48.7 Å². The molecule has 1 aromatic carbocycles. The normalized spacial score (nSPS) is 18.3. The molecule has 7 heteroatoms. The zero-order chi connectivity index (χ0) is 19.4. The van der Waals surface area contributed by atoms with Gasteiger partial charge in [-0.3, -0.25) is 19.9 Å². The van der Waals surface area contributed by atoms with Crippen LogP contribution in [0.15, 0.2) is 30.6 Å². The zero-order valence-corrected chi connectivity index (χ0v) is 15.9. The van der Waals surface area contributed by atoms with Gasteiger partial charge >= 0.3 is 0 Å². The van der Waals surface area contributed by atoms with Gasteiger partial charge in [0.05, 0.1) is 16.2 Å². The molecule has 1 aromatic heterocycles. The lowest BCUT2D eigenvalue weighted by Gasteiger charge is -2.34. The molecule has 3 rings (SSSR count). The second kappa shape index (κ2) is 8.33. The quantitative estimate of drug-likeness (QED) is 0.619. The van der Waals surface area contributed by atoms with Gasteiger partial charge in [0.15, 0.2) is 0 Å². The van der Waals surface area contributed by atoms with Crippen molar-refractivity contribution in [1.29, 1.82) is 0 Å². The molecule has 1 saturated heterocycles. The number of nitro groups is 1. The van der Waals surface area contributed by atoms with Crippen LogP contribution >= 0.6 is 0 Å². The number of fused-ring (bicyclic) bond motifs is 1. The molecule has 27 heavy (non-hydrogen) atoms. The van der Waals surface area contributed by atoms with Crippen molar-refractivity contribution in [3.63, 3.8) is 0 Å². The number of non-ortho nitro benzene ring substituents is 1. The van der Waals surface area contributed by atoms with Gasteiger partial charge in [0.25, 0.3) is 5.69 Å². The fourth-order valence-corrected chi connectivity index (χ4v) is 3.87. The number of nitrogens with one attached hydrogen (secondary N) is 1. The van der Waals surface area contributed by atoms with Crippen molar-refractivity contribution >= 4 is 28.1 Å². The Hall–Kier alpha value is -2.70. The van der Waals surface area contributed by atoms with Crippen molar-refractivity contribution in [2.24, 2.45) is 5.92 Å². The fourth-order valence-electron chi connectivity index (χ4n) is 3.87. The van der Waals surface area contributed by atoms with Crippen LogP contribution < -0.4 is 10.2 Å². The molecule has 1 aliphatic heterocycles. The third kappa shape index (κ3) is 4.18. The van der Waals surface area contributed by atoms with Gasteiger partial charge in [0.1, 0.15) is 0 Å². The van der Waals surface area contributed by atoms with Crippen LogP contribution in [0.25, 0.3) is 10.8 Å². The van der Waals surface area contributed by atoms with E-state index >= 15 is 0 Å². The molecule has 1 N–H and O–H groups in total. The first kappa shape index (κ1) is 19.1. The maximum absolute atomic E-state index is 12.6. The van der Waals surface area contributed by atoms with E-state index in [0.717, 1.165) is 43.3 Å². The number of nitrogens with zero attached hydrogens (tertiary/aromatic N) is 3. The Kier molecular flexibility index (Phi) is 5.88. The lowest BCUT2D eigenvalue weighted by Crippen LogP contribution is -2.45. The summed E-state index contributed by atoms with van der Waals surface area (Å²) >= 11 is 0. The van der Waals surface area contributed by atoms with E-state index in [0.29, 0.717) is 11.9 Å². The molecule has 1 amide bonds. The Balaban J connectivity index is 1.83. The van der Waals surface area contributed by atoms with Crippen LogP contribution in [0.1, 0.15) is 39.5 Å². The average molecular weight is 370 g/mol. The maximum atomic E-state index is 12.6. The summed E-state index contributed by atoms with van der Waals surface area (Å²) < 4.78 is 0. The number of nitro benzene ring substituents is 1. The fraction of sp³-hybridized carbons (Fsp3) is 0.500. The Morgan fingerprint density at radius 1 is 1.41 bits per heavy atom. The summed E-state index contributed by atoms with van der Waals surface area (Å²) in [5.41, 5.74) is 0.985. The molecule has 1 fully saturated rings. The third-order valence-corrected chi connectivity index (χ3v) is 5.21. The van der Waals surface area contributed by atoms with Gasteiger partial charge < -0.3 is 10.2 Å². The van der Waals surface area contributed by atoms with Crippen LogP contribution in [0.5, 0.6) is 0 Å². The van der Waals surface area contributed by atoms with Crippen molar-refractivity contribution in [2.45, 2.75) is 45.6 Å². The highest BCUT2D eigenvalue weighted by molar-refractivity contribution is 5.99. The van der Waals surface area contributed by atoms with Gasteiger partial charge in [-0.1, -0.05) is 13.3 Å². The predicted molar refractivity (Wildman–Crippen MR) is 106 cm³/mol. The molecule has 0 bridgehead atoms. The highest BCUT2D eigenvalue weighted by atomic mass is 16.6. The Morgan fingerprint density at radius 2 is 2.22 bits per heavy atom. The number of piperidine rings is 1. The summed E-state index contributed by atoms with van der Waals surface area (Å²) in [5.74, 6) is 0.0404. The molecule has 0 spiro atoms. The minimum atomic E-state index is -0.380. The molecule has 7 nitrogen and oxygen atoms in total. The molecule has 1 aliphatic rings. The van der Waals surface area contributed by atoms with E-state index in [9.17, 15) is 14.9 Å². The van der Waals surface area contributed by atoms with Crippen molar-refractivity contribution in [3.05, 3.63) is 40.7 Å². The standard InChI is InChI=1S/C20H26N4O3/c1-3-5-14(2)22-20(25)15-6-4-11-23(13-15)18-7-8-19(24(26)27)17-12-21-10-9-16(17)18/h7-10,12,14-15H,3-6,11,13H2,1-2H3,(H,22,25). The van der Waals surface area contributed by atoms with Crippen molar-refractivity contribution in [1.82, 2.24) is 10.3 Å². The first-order valence-corrected chi connectivity index (χ1v) is 9.57. The Labute approximate surface area is 158 Å². The number of pyridine rings is 1. The molecule has 2 atom stereocenters. The first-order valence-electron chi connectivity index (χ1n) is 9.57. The number of amides is 1. The Bertz CT molecular complexity index is 839. The molecule has 0 aliphatic carbocycles. The number of carbonyl (C=O) groups excluding carboxylic acids is 1. The summed E-state index contributed by atoms with van der Waals surface area (Å²) in [6, 6.07) is 5.32. The molecule has 0 radical (unpaired) electrons. The van der Waals surface area contributed by atoms with Crippen molar-refractivity contribution < 1.29 is 9.72 Å². The van der Waals surface area contributed by atoms with E-state index in [1.807, 2.05) is 13.0 Å². The van der Waals surface area contributed by atoms with E-state index in [1.165, 1.54) is 12.3 Å². The van der Waals surface area contributed by atoms with E-state index in [-0.39, 0.29) is 28.5 Å². The minimum Gasteiger partial charge on any atom is -0.370 e. The molecule has 2 aromatic rings. The minimum absolute atomic E-state index is 0.0570. The molecule has 2 heterocycles. The lowest BCUT2D eigenvalue weighted by molar-refractivity contribution is -0.383. The number of aromatic nitrogens is 1. The van der Waals surface area contributed by atoms with Crippen molar-refractivity contribution in [2.75, 3.05) is 18.0 Å². The third-order valence-electron chi connectivity index (χ3n) is 5.21. The Morgan fingerprint density at radius 3 is 2.96 bits per heavy atom. The first-order chi connectivity index (χ1) is 13.0. The zero-order valence-electron chi connectivity index (χ0n) is 15.9. The van der Waals surface area contributed by atoms with Crippen LogP contribution in [-0.4, -0.2) is 34.9 Å². The van der Waals surface area contributed by atoms with Gasteiger partial charge in [-0.25, -0.2) is 0 Å². The number of benzene rings is 1. The van der Waals surface area contributed by atoms with Crippen LogP contribution in [0.2, 0.25) is 0 Å². The van der Waals surface area contributed by atoms with Crippen LogP contribution in [0, 0.1) is 16.0 Å². The molecule has 144 valence electrons. The van der Waals surface area contributed by atoms with Gasteiger partial charge in [0.2, 0.25) is 5.91 Å². The summed E-state index contributed by atoms with van der Waals surface area (Å²) in [6.45, 7) is 5.61. The number of carbonyl (C=O) groups is 1. The highest BCUT2D eigenvalue weighted by Crippen LogP contribution is 2.34. The van der Waals surface area contributed by atoms with Crippen LogP contribution in [-0.2, 0) is 4.79 Å². The van der Waals surface area contributed by atoms with E-state index in [2.05, 4.69) is 22.1 Å². The predicted octanol–water partition coefficient (Wildman–Crippen LogP) is 3.66. The highest BCUT2D eigenvalue weighted by Gasteiger charge is 2.28. The van der Waals surface area contributed by atoms with E-state index in [4.69, 9.17) is 0 Å². The largest absolute Gasteiger partial charge is 0.370 e.